The Hall–Kier alpha value is -2.58. The lowest BCUT2D eigenvalue weighted by Crippen LogP contribution is -2.39. The van der Waals surface area contributed by atoms with Crippen molar-refractivity contribution in [3.8, 4) is 5.75 Å². The zero-order valence-corrected chi connectivity index (χ0v) is 21.0. The second kappa shape index (κ2) is 9.23. The normalized spacial score (nSPS) is 17.6. The molecule has 0 radical (unpaired) electrons. The van der Waals surface area contributed by atoms with Gasteiger partial charge in [-0.2, -0.15) is 0 Å². The van der Waals surface area contributed by atoms with Crippen molar-refractivity contribution in [1.29, 1.82) is 0 Å². The zero-order valence-electron chi connectivity index (χ0n) is 18.7. The molecule has 2 aliphatic heterocycles. The Balaban J connectivity index is 1.30. The van der Waals surface area contributed by atoms with E-state index >= 15 is 0 Å². The predicted molar refractivity (Wildman–Crippen MR) is 135 cm³/mol. The summed E-state index contributed by atoms with van der Waals surface area (Å²) < 4.78 is 5.45. The lowest BCUT2D eigenvalue weighted by atomic mass is 9.99. The highest BCUT2D eigenvalue weighted by molar-refractivity contribution is 7.16. The molecule has 2 aliphatic rings. The average molecular weight is 516 g/mol. The molecule has 34 heavy (non-hydrogen) atoms. The molecule has 0 saturated carbocycles. The lowest BCUT2D eigenvalue weighted by molar-refractivity contribution is 0.0734. The Morgan fingerprint density at radius 1 is 1.15 bits per heavy atom. The van der Waals surface area contributed by atoms with Crippen molar-refractivity contribution in [2.75, 3.05) is 11.9 Å². The molecule has 3 aromatic rings. The highest BCUT2D eigenvalue weighted by Gasteiger charge is 2.33. The third kappa shape index (κ3) is 4.41. The summed E-state index contributed by atoms with van der Waals surface area (Å²) >= 11 is 13.7. The number of hydrogen-bond acceptors (Lipinski definition) is 6. The number of amides is 1. The van der Waals surface area contributed by atoms with Gasteiger partial charge in [0, 0.05) is 29.0 Å². The van der Waals surface area contributed by atoms with Crippen molar-refractivity contribution in [2.45, 2.75) is 39.0 Å². The van der Waals surface area contributed by atoms with E-state index in [1.54, 1.807) is 29.5 Å². The Morgan fingerprint density at radius 2 is 1.91 bits per heavy atom. The first-order valence-electron chi connectivity index (χ1n) is 11.0. The van der Waals surface area contributed by atoms with Gasteiger partial charge in [-0.3, -0.25) is 9.69 Å². The topological polar surface area (TPSA) is 70.7 Å². The molecule has 1 atom stereocenters. The minimum atomic E-state index is -0.567. The van der Waals surface area contributed by atoms with Gasteiger partial charge in [0.25, 0.3) is 5.91 Å². The Labute approximate surface area is 211 Å². The molecule has 3 heterocycles. The van der Waals surface area contributed by atoms with E-state index in [2.05, 4.69) is 29.4 Å². The maximum absolute atomic E-state index is 13.0. The van der Waals surface area contributed by atoms with Crippen molar-refractivity contribution in [2.24, 2.45) is 0 Å². The fourth-order valence-electron chi connectivity index (χ4n) is 4.29. The van der Waals surface area contributed by atoms with Crippen molar-refractivity contribution >= 4 is 51.4 Å². The molecule has 0 aliphatic carbocycles. The Kier molecular flexibility index (Phi) is 6.29. The molecule has 0 bridgehead atoms. The predicted octanol–water partition coefficient (Wildman–Crippen LogP) is 5.89. The van der Waals surface area contributed by atoms with Crippen LogP contribution in [0.2, 0.25) is 10.0 Å². The Morgan fingerprint density at radius 3 is 2.62 bits per heavy atom. The summed E-state index contributed by atoms with van der Waals surface area (Å²) in [7, 11) is 0. The maximum atomic E-state index is 13.0. The SMILES string of the molecule is CC(C)N1CCc2c(sc3c2C(=O)NC(c2ccc(OC(=O)c4ccc(Cl)cc4Cl)cc2)N3)C1. The smallest absolute Gasteiger partial charge is 0.345 e. The maximum Gasteiger partial charge on any atom is 0.345 e. The largest absolute Gasteiger partial charge is 0.423 e. The molecule has 0 saturated heterocycles. The van der Waals surface area contributed by atoms with Gasteiger partial charge < -0.3 is 15.4 Å². The highest BCUT2D eigenvalue weighted by Crippen LogP contribution is 2.41. The van der Waals surface area contributed by atoms with Crippen LogP contribution in [-0.2, 0) is 13.0 Å². The number of fused-ring (bicyclic) bond motifs is 3. The molecule has 176 valence electrons. The van der Waals surface area contributed by atoms with E-state index < -0.39 is 5.97 Å². The summed E-state index contributed by atoms with van der Waals surface area (Å²) in [5.41, 5.74) is 3.05. The van der Waals surface area contributed by atoms with E-state index in [-0.39, 0.29) is 22.7 Å². The van der Waals surface area contributed by atoms with Crippen molar-refractivity contribution in [3.63, 3.8) is 0 Å². The molecule has 0 spiro atoms. The average Bonchev–Trinajstić information content (AvgIpc) is 3.17. The van der Waals surface area contributed by atoms with Crippen LogP contribution >= 0.6 is 34.5 Å². The monoisotopic (exact) mass is 515 g/mol. The summed E-state index contributed by atoms with van der Waals surface area (Å²) in [5.74, 6) is -0.243. The molecule has 9 heteroatoms. The first-order chi connectivity index (χ1) is 16.3. The van der Waals surface area contributed by atoms with E-state index in [1.165, 1.54) is 22.6 Å². The summed E-state index contributed by atoms with van der Waals surface area (Å²) in [6, 6.07) is 12.1. The molecule has 5 rings (SSSR count). The van der Waals surface area contributed by atoms with E-state index in [0.717, 1.165) is 35.6 Å². The second-order valence-electron chi connectivity index (χ2n) is 8.66. The number of rotatable bonds is 4. The lowest BCUT2D eigenvalue weighted by Gasteiger charge is -2.31. The van der Waals surface area contributed by atoms with Crippen LogP contribution in [0.4, 0.5) is 5.00 Å². The molecule has 2 N–H and O–H groups in total. The molecule has 1 amide bonds. The van der Waals surface area contributed by atoms with Crippen molar-refractivity contribution in [3.05, 3.63) is 79.6 Å². The number of ether oxygens (including phenoxy) is 1. The molecule has 1 unspecified atom stereocenters. The highest BCUT2D eigenvalue weighted by atomic mass is 35.5. The van der Waals surface area contributed by atoms with Crippen LogP contribution in [0, 0.1) is 0 Å². The number of nitrogens with one attached hydrogen (secondary N) is 2. The quantitative estimate of drug-likeness (QED) is 0.334. The van der Waals surface area contributed by atoms with Crippen LogP contribution < -0.4 is 15.4 Å². The zero-order chi connectivity index (χ0) is 24.0. The third-order valence-corrected chi connectivity index (χ3v) is 7.87. The van der Waals surface area contributed by atoms with Gasteiger partial charge in [0.1, 0.15) is 16.9 Å². The molecular weight excluding hydrogens is 493 g/mol. The van der Waals surface area contributed by atoms with Gasteiger partial charge in [0.05, 0.1) is 16.1 Å². The number of carbonyl (C=O) groups is 2. The van der Waals surface area contributed by atoms with E-state index in [1.807, 2.05) is 12.1 Å². The molecule has 0 fully saturated rings. The molecule has 1 aromatic heterocycles. The van der Waals surface area contributed by atoms with E-state index in [0.29, 0.717) is 16.8 Å². The first-order valence-corrected chi connectivity index (χ1v) is 12.6. The second-order valence-corrected chi connectivity index (χ2v) is 10.6. The van der Waals surface area contributed by atoms with Gasteiger partial charge >= 0.3 is 5.97 Å². The van der Waals surface area contributed by atoms with Gasteiger partial charge in [0.15, 0.2) is 0 Å². The van der Waals surface area contributed by atoms with E-state index in [4.69, 9.17) is 27.9 Å². The first kappa shape index (κ1) is 23.2. The molecule has 2 aromatic carbocycles. The molecular formula is C25H23Cl2N3O3S. The van der Waals surface area contributed by atoms with Gasteiger partial charge in [-0.1, -0.05) is 35.3 Å². The third-order valence-electron chi connectivity index (χ3n) is 6.17. The minimum Gasteiger partial charge on any atom is -0.423 e. The number of hydrogen-bond donors (Lipinski definition) is 2. The van der Waals surface area contributed by atoms with Crippen LogP contribution in [0.3, 0.4) is 0 Å². The number of carbonyl (C=O) groups excluding carboxylic acids is 2. The van der Waals surface area contributed by atoms with Gasteiger partial charge in [-0.05, 0) is 61.7 Å². The number of benzene rings is 2. The van der Waals surface area contributed by atoms with Crippen LogP contribution in [0.15, 0.2) is 42.5 Å². The minimum absolute atomic E-state index is 0.0536. The number of esters is 1. The standard InChI is InChI=1S/C25H23Cl2N3O3S/c1-13(2)30-10-9-18-20(12-30)34-24-21(18)23(31)28-22(29-24)14-3-6-16(7-4-14)33-25(32)17-8-5-15(26)11-19(17)27/h3-8,11,13,22,29H,9-10,12H2,1-2H3,(H,28,31). The van der Waals surface area contributed by atoms with Gasteiger partial charge in [-0.25, -0.2) is 4.79 Å². The number of anilines is 1. The molecule has 6 nitrogen and oxygen atoms in total. The van der Waals surface area contributed by atoms with Gasteiger partial charge in [-0.15, -0.1) is 11.3 Å². The van der Waals surface area contributed by atoms with Gasteiger partial charge in [0.2, 0.25) is 0 Å². The van der Waals surface area contributed by atoms with Crippen molar-refractivity contribution < 1.29 is 14.3 Å². The summed E-state index contributed by atoms with van der Waals surface area (Å²) in [5, 5.41) is 8.13. The van der Waals surface area contributed by atoms with Crippen molar-refractivity contribution in [1.82, 2.24) is 10.2 Å². The number of nitrogens with zero attached hydrogens (tertiary/aromatic N) is 1. The van der Waals surface area contributed by atoms with Crippen LogP contribution in [0.1, 0.15) is 56.7 Å². The summed E-state index contributed by atoms with van der Waals surface area (Å²) in [6.45, 7) is 6.24. The fourth-order valence-corrected chi connectivity index (χ4v) is 6.07. The number of halogens is 2. The van der Waals surface area contributed by atoms with Crippen LogP contribution in [-0.4, -0.2) is 29.4 Å². The summed E-state index contributed by atoms with van der Waals surface area (Å²) in [6.07, 6.45) is 0.522. The van der Waals surface area contributed by atoms with E-state index in [9.17, 15) is 9.59 Å². The Bertz CT molecular complexity index is 1270. The van der Waals surface area contributed by atoms with Crippen LogP contribution in [0.5, 0.6) is 5.75 Å². The fraction of sp³-hybridized carbons (Fsp3) is 0.280. The van der Waals surface area contributed by atoms with Crippen LogP contribution in [0.25, 0.3) is 0 Å². The summed E-state index contributed by atoms with van der Waals surface area (Å²) in [4.78, 5) is 29.1. The number of thiophene rings is 1.